The highest BCUT2D eigenvalue weighted by Gasteiger charge is 2.19. The van der Waals surface area contributed by atoms with E-state index in [-0.39, 0.29) is 29.7 Å². The first-order valence-corrected chi connectivity index (χ1v) is 7.95. The maximum Gasteiger partial charge on any atom is 0.272 e. The molecule has 0 aliphatic heterocycles. The van der Waals surface area contributed by atoms with E-state index in [0.717, 1.165) is 5.56 Å². The van der Waals surface area contributed by atoms with Gasteiger partial charge in [0.1, 0.15) is 5.82 Å². The molecule has 5 nitrogen and oxygen atoms in total. The smallest absolute Gasteiger partial charge is 0.272 e. The van der Waals surface area contributed by atoms with E-state index in [1.54, 1.807) is 42.3 Å². The number of hydrogen-bond donors (Lipinski definition) is 1. The molecule has 0 saturated heterocycles. The number of halogens is 1. The Hall–Kier alpha value is -3.02. The number of hydrogen-bond acceptors (Lipinski definition) is 3. The zero-order chi connectivity index (χ0) is 18.0. The van der Waals surface area contributed by atoms with Crippen LogP contribution >= 0.6 is 0 Å². The Kier molecular flexibility index (Phi) is 4.61. The number of carbonyl (C=O) groups excluding carboxylic acids is 1. The van der Waals surface area contributed by atoms with Crippen LogP contribution in [0, 0.1) is 5.82 Å². The summed E-state index contributed by atoms with van der Waals surface area (Å²) in [5.74, 6) is -0.449. The summed E-state index contributed by atoms with van der Waals surface area (Å²) in [7, 11) is 1.70. The van der Waals surface area contributed by atoms with Crippen LogP contribution in [0.25, 0.3) is 10.8 Å². The first-order chi connectivity index (χ1) is 12.0. The number of rotatable bonds is 4. The molecule has 3 rings (SSSR count). The second-order valence-corrected chi connectivity index (χ2v) is 5.95. The number of nitrogens with one attached hydrogen (secondary N) is 1. The molecule has 1 aromatic heterocycles. The van der Waals surface area contributed by atoms with Crippen molar-refractivity contribution in [1.82, 2.24) is 15.1 Å². The topological polar surface area (TPSA) is 66.1 Å². The minimum atomic E-state index is -0.311. The summed E-state index contributed by atoms with van der Waals surface area (Å²) >= 11 is 0. The maximum atomic E-state index is 13.1. The quantitative estimate of drug-likeness (QED) is 0.795. The molecular weight excluding hydrogens is 321 g/mol. The molecule has 0 aliphatic rings. The van der Waals surface area contributed by atoms with Gasteiger partial charge in [0.2, 0.25) is 5.91 Å². The third-order valence-corrected chi connectivity index (χ3v) is 4.42. The summed E-state index contributed by atoms with van der Waals surface area (Å²) in [6, 6.07) is 12.9. The summed E-state index contributed by atoms with van der Waals surface area (Å²) < 4.78 is 13.1. The van der Waals surface area contributed by atoms with Gasteiger partial charge in [-0.1, -0.05) is 30.3 Å². The summed E-state index contributed by atoms with van der Waals surface area (Å²) in [5.41, 5.74) is 1.09. The van der Waals surface area contributed by atoms with Gasteiger partial charge < -0.3 is 4.90 Å². The first-order valence-electron chi connectivity index (χ1n) is 7.95. The molecule has 0 spiro atoms. The SMILES string of the molecule is C[C@@H](c1ccc(F)cc1)N(C)C(=O)Cc1n[nH]c(=O)c2ccccc12. The standard InChI is InChI=1S/C19H18FN3O2/c1-12(13-7-9-14(20)10-8-13)23(2)18(24)11-17-15-5-3-4-6-16(15)19(25)22-21-17/h3-10,12H,11H2,1-2H3,(H,22,25)/t12-/m0/s1. The highest BCUT2D eigenvalue weighted by atomic mass is 19.1. The van der Waals surface area contributed by atoms with E-state index in [1.165, 1.54) is 12.1 Å². The summed E-state index contributed by atoms with van der Waals surface area (Å²) in [5, 5.41) is 7.65. The van der Waals surface area contributed by atoms with Crippen molar-refractivity contribution in [3.8, 4) is 0 Å². The van der Waals surface area contributed by atoms with E-state index in [4.69, 9.17) is 0 Å². The first kappa shape index (κ1) is 16.8. The van der Waals surface area contributed by atoms with Gasteiger partial charge in [0.15, 0.2) is 0 Å². The summed E-state index contributed by atoms with van der Waals surface area (Å²) in [4.78, 5) is 26.1. The molecular formula is C19H18FN3O2. The van der Waals surface area contributed by atoms with Crippen LogP contribution in [0.3, 0.4) is 0 Å². The Morgan fingerprint density at radius 1 is 1.16 bits per heavy atom. The number of likely N-dealkylation sites (N-methyl/N-ethyl adjacent to an activating group) is 1. The average molecular weight is 339 g/mol. The zero-order valence-electron chi connectivity index (χ0n) is 14.0. The summed E-state index contributed by atoms with van der Waals surface area (Å²) in [6.45, 7) is 1.88. The Morgan fingerprint density at radius 3 is 2.48 bits per heavy atom. The molecule has 0 fully saturated rings. The van der Waals surface area contributed by atoms with Gasteiger partial charge in [-0.15, -0.1) is 0 Å². The number of aromatic nitrogens is 2. The van der Waals surface area contributed by atoms with E-state index >= 15 is 0 Å². The molecule has 3 aromatic rings. The van der Waals surface area contributed by atoms with Crippen molar-refractivity contribution in [3.63, 3.8) is 0 Å². The number of H-pyrrole nitrogens is 1. The fraction of sp³-hybridized carbons (Fsp3) is 0.211. The molecule has 6 heteroatoms. The molecule has 25 heavy (non-hydrogen) atoms. The molecule has 0 aliphatic carbocycles. The monoisotopic (exact) mass is 339 g/mol. The molecule has 0 bridgehead atoms. The second kappa shape index (κ2) is 6.84. The molecule has 0 unspecified atom stereocenters. The van der Waals surface area contributed by atoms with E-state index in [0.29, 0.717) is 16.5 Å². The van der Waals surface area contributed by atoms with Gasteiger partial charge in [-0.3, -0.25) is 9.59 Å². The van der Waals surface area contributed by atoms with Crippen molar-refractivity contribution in [2.24, 2.45) is 0 Å². The van der Waals surface area contributed by atoms with Crippen LogP contribution < -0.4 is 5.56 Å². The largest absolute Gasteiger partial charge is 0.339 e. The minimum absolute atomic E-state index is 0.0688. The Labute approximate surface area is 144 Å². The minimum Gasteiger partial charge on any atom is -0.339 e. The predicted octanol–water partition coefficient (Wildman–Crippen LogP) is 2.82. The lowest BCUT2D eigenvalue weighted by atomic mass is 10.1. The molecule has 1 amide bonds. The Balaban J connectivity index is 1.83. The van der Waals surface area contributed by atoms with E-state index < -0.39 is 0 Å². The molecule has 0 saturated carbocycles. The second-order valence-electron chi connectivity index (χ2n) is 5.95. The highest BCUT2D eigenvalue weighted by Crippen LogP contribution is 2.21. The number of aromatic amines is 1. The molecule has 1 heterocycles. The number of benzene rings is 2. The lowest BCUT2D eigenvalue weighted by molar-refractivity contribution is -0.131. The van der Waals surface area contributed by atoms with Gasteiger partial charge in [-0.2, -0.15) is 5.10 Å². The van der Waals surface area contributed by atoms with Crippen molar-refractivity contribution >= 4 is 16.7 Å². The Bertz CT molecular complexity index is 966. The normalized spacial score (nSPS) is 12.1. The molecule has 128 valence electrons. The van der Waals surface area contributed by atoms with E-state index in [9.17, 15) is 14.0 Å². The lowest BCUT2D eigenvalue weighted by Gasteiger charge is -2.25. The van der Waals surface area contributed by atoms with Crippen LogP contribution in [0.15, 0.2) is 53.3 Å². The maximum absolute atomic E-state index is 13.1. The number of nitrogens with zero attached hydrogens (tertiary/aromatic N) is 2. The van der Waals surface area contributed by atoms with Crippen LogP contribution in [0.1, 0.15) is 24.2 Å². The molecule has 1 atom stereocenters. The van der Waals surface area contributed by atoms with Crippen LogP contribution in [0.4, 0.5) is 4.39 Å². The highest BCUT2D eigenvalue weighted by molar-refractivity contribution is 5.88. The fourth-order valence-corrected chi connectivity index (χ4v) is 2.76. The van der Waals surface area contributed by atoms with Gasteiger partial charge in [-0.05, 0) is 30.7 Å². The van der Waals surface area contributed by atoms with Crippen LogP contribution in [0.5, 0.6) is 0 Å². The van der Waals surface area contributed by atoms with Gasteiger partial charge in [0, 0.05) is 12.4 Å². The van der Waals surface area contributed by atoms with Gasteiger partial charge in [0.05, 0.1) is 23.5 Å². The molecule has 1 N–H and O–H groups in total. The van der Waals surface area contributed by atoms with Gasteiger partial charge >= 0.3 is 0 Å². The van der Waals surface area contributed by atoms with Crippen LogP contribution in [0.2, 0.25) is 0 Å². The lowest BCUT2D eigenvalue weighted by Crippen LogP contribution is -2.31. The third kappa shape index (κ3) is 3.42. The van der Waals surface area contributed by atoms with Crippen molar-refractivity contribution in [2.45, 2.75) is 19.4 Å². The molecule has 2 aromatic carbocycles. The van der Waals surface area contributed by atoms with E-state index in [2.05, 4.69) is 10.2 Å². The van der Waals surface area contributed by atoms with Crippen molar-refractivity contribution in [1.29, 1.82) is 0 Å². The van der Waals surface area contributed by atoms with E-state index in [1.807, 2.05) is 13.0 Å². The number of fused-ring (bicyclic) bond motifs is 1. The average Bonchev–Trinajstić information content (AvgIpc) is 2.63. The van der Waals surface area contributed by atoms with Crippen LogP contribution in [-0.4, -0.2) is 28.1 Å². The van der Waals surface area contributed by atoms with Gasteiger partial charge in [-0.25, -0.2) is 9.49 Å². The third-order valence-electron chi connectivity index (χ3n) is 4.42. The Morgan fingerprint density at radius 2 is 1.80 bits per heavy atom. The van der Waals surface area contributed by atoms with Crippen molar-refractivity contribution in [2.75, 3.05) is 7.05 Å². The predicted molar refractivity (Wildman–Crippen MR) is 93.7 cm³/mol. The summed E-state index contributed by atoms with van der Waals surface area (Å²) in [6.07, 6.45) is 0.0688. The van der Waals surface area contributed by atoms with Crippen LogP contribution in [-0.2, 0) is 11.2 Å². The zero-order valence-corrected chi connectivity index (χ0v) is 14.0. The fourth-order valence-electron chi connectivity index (χ4n) is 2.76. The van der Waals surface area contributed by atoms with Gasteiger partial charge in [0.25, 0.3) is 5.56 Å². The van der Waals surface area contributed by atoms with Crippen molar-refractivity contribution < 1.29 is 9.18 Å². The number of amides is 1. The molecule has 0 radical (unpaired) electrons. The van der Waals surface area contributed by atoms with Crippen molar-refractivity contribution in [3.05, 3.63) is 76.0 Å². The number of carbonyl (C=O) groups is 1.